The number of ether oxygens (including phenoxy) is 1. The number of esters is 1. The van der Waals surface area contributed by atoms with Crippen LogP contribution in [0.5, 0.6) is 0 Å². The Kier molecular flexibility index (Phi) is 6.67. The quantitative estimate of drug-likeness (QED) is 0.606. The van der Waals surface area contributed by atoms with E-state index in [4.69, 9.17) is 4.74 Å². The predicted octanol–water partition coefficient (Wildman–Crippen LogP) is 3.84. The lowest BCUT2D eigenvalue weighted by Gasteiger charge is -2.12. The van der Waals surface area contributed by atoms with E-state index in [0.717, 1.165) is 11.1 Å². The summed E-state index contributed by atoms with van der Waals surface area (Å²) in [6.07, 6.45) is -0.964. The highest BCUT2D eigenvalue weighted by Crippen LogP contribution is 2.15. The molecule has 136 valence electrons. The molecule has 1 N–H and O–H groups in total. The van der Waals surface area contributed by atoms with Crippen LogP contribution in [0.4, 0.5) is 5.69 Å². The minimum Gasteiger partial charge on any atom is -0.454 e. The van der Waals surface area contributed by atoms with Gasteiger partial charge in [-0.25, -0.2) is 0 Å². The lowest BCUT2D eigenvalue weighted by atomic mass is 10.1. The summed E-state index contributed by atoms with van der Waals surface area (Å²) >= 11 is 0. The first-order valence-corrected chi connectivity index (χ1v) is 8.52. The maximum atomic E-state index is 12.2. The molecular weight excluding hydrogens is 330 g/mol. The van der Waals surface area contributed by atoms with Gasteiger partial charge in [-0.3, -0.25) is 14.4 Å². The molecule has 2 aromatic carbocycles. The van der Waals surface area contributed by atoms with Crippen LogP contribution < -0.4 is 5.32 Å². The Balaban J connectivity index is 1.79. The Morgan fingerprint density at radius 3 is 2.31 bits per heavy atom. The summed E-state index contributed by atoms with van der Waals surface area (Å²) in [5.74, 6) is -1.11. The molecule has 0 spiro atoms. The van der Waals surface area contributed by atoms with E-state index >= 15 is 0 Å². The van der Waals surface area contributed by atoms with E-state index in [1.807, 2.05) is 38.1 Å². The third-order valence-electron chi connectivity index (χ3n) is 4.08. The molecule has 0 aliphatic rings. The SMILES string of the molecule is Cc1ccc(NC(=O)CCC(=O)OC(C)C(=O)c2ccccc2)cc1C. The second-order valence-electron chi connectivity index (χ2n) is 6.21. The minimum absolute atomic E-state index is 0.00198. The van der Waals surface area contributed by atoms with Crippen LogP contribution in [0.2, 0.25) is 0 Å². The lowest BCUT2D eigenvalue weighted by Crippen LogP contribution is -2.25. The topological polar surface area (TPSA) is 72.5 Å². The summed E-state index contributed by atoms with van der Waals surface area (Å²) in [5, 5.41) is 2.75. The van der Waals surface area contributed by atoms with Crippen molar-refractivity contribution in [3.05, 3.63) is 65.2 Å². The van der Waals surface area contributed by atoms with Crippen LogP contribution in [0.25, 0.3) is 0 Å². The Bertz CT molecular complexity index is 799. The Labute approximate surface area is 153 Å². The number of hydrogen-bond donors (Lipinski definition) is 1. The number of rotatable bonds is 7. The van der Waals surface area contributed by atoms with Crippen molar-refractivity contribution in [1.29, 1.82) is 0 Å². The van der Waals surface area contributed by atoms with Crippen LogP contribution >= 0.6 is 0 Å². The van der Waals surface area contributed by atoms with E-state index in [1.54, 1.807) is 24.3 Å². The third-order valence-corrected chi connectivity index (χ3v) is 4.08. The van der Waals surface area contributed by atoms with E-state index in [2.05, 4.69) is 5.32 Å². The van der Waals surface area contributed by atoms with Crippen LogP contribution in [-0.4, -0.2) is 23.8 Å². The Morgan fingerprint density at radius 2 is 1.65 bits per heavy atom. The van der Waals surface area contributed by atoms with Crippen molar-refractivity contribution < 1.29 is 19.1 Å². The number of anilines is 1. The normalized spacial score (nSPS) is 11.5. The van der Waals surface area contributed by atoms with Crippen molar-refractivity contribution in [2.24, 2.45) is 0 Å². The first kappa shape index (κ1) is 19.4. The molecule has 0 saturated carbocycles. The van der Waals surface area contributed by atoms with Gasteiger partial charge in [0.2, 0.25) is 11.7 Å². The minimum atomic E-state index is -0.882. The maximum Gasteiger partial charge on any atom is 0.307 e. The average molecular weight is 353 g/mol. The molecule has 0 aliphatic carbocycles. The molecule has 0 saturated heterocycles. The largest absolute Gasteiger partial charge is 0.454 e. The Hall–Kier alpha value is -2.95. The summed E-state index contributed by atoms with van der Waals surface area (Å²) < 4.78 is 5.13. The van der Waals surface area contributed by atoms with E-state index in [0.29, 0.717) is 11.3 Å². The zero-order valence-corrected chi connectivity index (χ0v) is 15.2. The smallest absolute Gasteiger partial charge is 0.307 e. The zero-order valence-electron chi connectivity index (χ0n) is 15.2. The van der Waals surface area contributed by atoms with E-state index in [9.17, 15) is 14.4 Å². The highest BCUT2D eigenvalue weighted by molar-refractivity contribution is 6.00. The molecular formula is C21H23NO4. The van der Waals surface area contributed by atoms with E-state index < -0.39 is 12.1 Å². The number of nitrogens with one attached hydrogen (secondary N) is 1. The second-order valence-corrected chi connectivity index (χ2v) is 6.21. The van der Waals surface area contributed by atoms with Crippen molar-refractivity contribution >= 4 is 23.3 Å². The van der Waals surface area contributed by atoms with E-state index in [1.165, 1.54) is 6.92 Å². The van der Waals surface area contributed by atoms with Crippen molar-refractivity contribution in [1.82, 2.24) is 0 Å². The molecule has 1 atom stereocenters. The number of amides is 1. The molecule has 0 heterocycles. The number of carbonyl (C=O) groups is 3. The number of Topliss-reactive ketones (excluding diaryl/α,β-unsaturated/α-hetero) is 1. The molecule has 1 unspecified atom stereocenters. The van der Waals surface area contributed by atoms with Gasteiger partial charge in [0.1, 0.15) is 0 Å². The van der Waals surface area contributed by atoms with Gasteiger partial charge in [0.25, 0.3) is 0 Å². The summed E-state index contributed by atoms with van der Waals surface area (Å²) in [4.78, 5) is 36.0. The maximum absolute atomic E-state index is 12.2. The van der Waals surface area contributed by atoms with Crippen molar-refractivity contribution in [3.8, 4) is 0 Å². The summed E-state index contributed by atoms with van der Waals surface area (Å²) in [6, 6.07) is 14.3. The van der Waals surface area contributed by atoms with Gasteiger partial charge in [-0.05, 0) is 44.0 Å². The van der Waals surface area contributed by atoms with Crippen LogP contribution in [0, 0.1) is 13.8 Å². The van der Waals surface area contributed by atoms with Crippen molar-refractivity contribution in [2.45, 2.75) is 39.7 Å². The number of hydrogen-bond acceptors (Lipinski definition) is 4. The molecule has 0 bridgehead atoms. The van der Waals surface area contributed by atoms with Crippen LogP contribution in [0.1, 0.15) is 41.3 Å². The highest BCUT2D eigenvalue weighted by Gasteiger charge is 2.19. The van der Waals surface area contributed by atoms with Gasteiger partial charge >= 0.3 is 5.97 Å². The molecule has 2 rings (SSSR count). The monoisotopic (exact) mass is 353 g/mol. The van der Waals surface area contributed by atoms with Crippen molar-refractivity contribution in [3.63, 3.8) is 0 Å². The first-order chi connectivity index (χ1) is 12.4. The highest BCUT2D eigenvalue weighted by atomic mass is 16.5. The van der Waals surface area contributed by atoms with Gasteiger partial charge in [0.05, 0.1) is 6.42 Å². The Morgan fingerprint density at radius 1 is 0.962 bits per heavy atom. The number of benzene rings is 2. The molecule has 2 aromatic rings. The van der Waals surface area contributed by atoms with Crippen LogP contribution in [0.3, 0.4) is 0 Å². The van der Waals surface area contributed by atoms with Crippen LogP contribution in [-0.2, 0) is 14.3 Å². The third kappa shape index (κ3) is 5.55. The molecule has 26 heavy (non-hydrogen) atoms. The van der Waals surface area contributed by atoms with Gasteiger partial charge < -0.3 is 10.1 Å². The average Bonchev–Trinajstić information content (AvgIpc) is 2.63. The fourth-order valence-corrected chi connectivity index (χ4v) is 2.40. The molecule has 0 radical (unpaired) electrons. The number of ketones is 1. The molecule has 0 aliphatic heterocycles. The summed E-state index contributed by atoms with van der Waals surface area (Å²) in [7, 11) is 0. The van der Waals surface area contributed by atoms with Gasteiger partial charge in [0.15, 0.2) is 6.10 Å². The molecule has 5 heteroatoms. The van der Waals surface area contributed by atoms with Gasteiger partial charge in [0, 0.05) is 17.7 Å². The van der Waals surface area contributed by atoms with Crippen LogP contribution in [0.15, 0.2) is 48.5 Å². The fourth-order valence-electron chi connectivity index (χ4n) is 2.40. The zero-order chi connectivity index (χ0) is 19.1. The summed E-state index contributed by atoms with van der Waals surface area (Å²) in [5.41, 5.74) is 3.40. The second kappa shape index (κ2) is 8.94. The molecule has 0 aromatic heterocycles. The predicted molar refractivity (Wildman–Crippen MR) is 100 cm³/mol. The van der Waals surface area contributed by atoms with Gasteiger partial charge in [-0.15, -0.1) is 0 Å². The number of aryl methyl sites for hydroxylation is 2. The first-order valence-electron chi connectivity index (χ1n) is 8.52. The number of carbonyl (C=O) groups excluding carboxylic acids is 3. The standard InChI is InChI=1S/C21H23NO4/c1-14-9-10-18(13-15(14)2)22-19(23)11-12-20(24)26-16(3)21(25)17-7-5-4-6-8-17/h4-10,13,16H,11-12H2,1-3H3,(H,22,23). The molecule has 1 amide bonds. The van der Waals surface area contributed by atoms with Gasteiger partial charge in [-0.2, -0.15) is 0 Å². The summed E-state index contributed by atoms with van der Waals surface area (Å²) in [6.45, 7) is 5.49. The van der Waals surface area contributed by atoms with Crippen molar-refractivity contribution in [2.75, 3.05) is 5.32 Å². The lowest BCUT2D eigenvalue weighted by molar-refractivity contribution is -0.147. The van der Waals surface area contributed by atoms with E-state index in [-0.39, 0.29) is 24.5 Å². The molecule has 0 fully saturated rings. The fraction of sp³-hybridized carbons (Fsp3) is 0.286. The van der Waals surface area contributed by atoms with Gasteiger partial charge in [-0.1, -0.05) is 36.4 Å². The molecule has 5 nitrogen and oxygen atoms in total.